The third-order valence-corrected chi connectivity index (χ3v) is 4.38. The summed E-state index contributed by atoms with van der Waals surface area (Å²) in [6, 6.07) is 0. The maximum absolute atomic E-state index is 11.9. The van der Waals surface area contributed by atoms with Gasteiger partial charge in [0.15, 0.2) is 0 Å². The van der Waals surface area contributed by atoms with E-state index in [1.165, 1.54) is 0 Å². The Hall–Kier alpha value is -1.88. The molecule has 4 aliphatic rings. The van der Waals surface area contributed by atoms with Crippen molar-refractivity contribution >= 4 is 11.9 Å². The van der Waals surface area contributed by atoms with Crippen LogP contribution in [0.2, 0.25) is 0 Å². The molecular formula is C15H14O5. The van der Waals surface area contributed by atoms with Crippen molar-refractivity contribution in [1.29, 1.82) is 0 Å². The van der Waals surface area contributed by atoms with Crippen molar-refractivity contribution in [3.63, 3.8) is 0 Å². The molecule has 0 saturated carbocycles. The molecule has 4 heterocycles. The number of hydrogen-bond donors (Lipinski definition) is 0. The van der Waals surface area contributed by atoms with Gasteiger partial charge in [0.25, 0.3) is 5.79 Å². The highest BCUT2D eigenvalue weighted by Crippen LogP contribution is 2.47. The van der Waals surface area contributed by atoms with E-state index in [0.29, 0.717) is 29.6 Å². The highest BCUT2D eigenvalue weighted by molar-refractivity contribution is 5.95. The number of carbonyl (C=O) groups is 2. The molecule has 4 bridgehead atoms. The van der Waals surface area contributed by atoms with Crippen LogP contribution in [0.5, 0.6) is 0 Å². The summed E-state index contributed by atoms with van der Waals surface area (Å²) in [4.78, 5) is 23.8. The SMILES string of the molecule is CC1=C[C@]23OC(=O)C(C)=C2[C@H]2C=C(CC[C@@H]1O3)C(=O)O2. The number of hydrogen-bond acceptors (Lipinski definition) is 5. The van der Waals surface area contributed by atoms with Gasteiger partial charge in [-0.2, -0.15) is 0 Å². The van der Waals surface area contributed by atoms with E-state index in [4.69, 9.17) is 14.2 Å². The minimum Gasteiger partial charge on any atom is -0.450 e. The van der Waals surface area contributed by atoms with Crippen molar-refractivity contribution in [3.8, 4) is 0 Å². The Morgan fingerprint density at radius 2 is 2.05 bits per heavy atom. The molecule has 104 valence electrons. The van der Waals surface area contributed by atoms with Gasteiger partial charge in [-0.3, -0.25) is 0 Å². The van der Waals surface area contributed by atoms with Gasteiger partial charge in [0.1, 0.15) is 6.10 Å². The number of rotatable bonds is 0. The molecule has 0 N–H and O–H groups in total. The van der Waals surface area contributed by atoms with E-state index in [2.05, 4.69) is 0 Å². The number of ether oxygens (including phenoxy) is 3. The van der Waals surface area contributed by atoms with Crippen LogP contribution in [0.15, 0.2) is 34.4 Å². The molecule has 0 fully saturated rings. The minimum atomic E-state index is -1.18. The second-order valence-corrected chi connectivity index (χ2v) is 5.65. The molecule has 0 aromatic heterocycles. The van der Waals surface area contributed by atoms with Crippen molar-refractivity contribution in [2.45, 2.75) is 44.7 Å². The predicted octanol–water partition coefficient (Wildman–Crippen LogP) is 1.55. The average molecular weight is 274 g/mol. The molecule has 0 aromatic rings. The zero-order valence-corrected chi connectivity index (χ0v) is 11.3. The first-order chi connectivity index (χ1) is 9.50. The summed E-state index contributed by atoms with van der Waals surface area (Å²) in [5.41, 5.74) is 2.76. The monoisotopic (exact) mass is 274 g/mol. The summed E-state index contributed by atoms with van der Waals surface area (Å²) in [6.45, 7) is 3.64. The van der Waals surface area contributed by atoms with E-state index in [1.807, 2.05) is 13.0 Å². The van der Waals surface area contributed by atoms with E-state index in [9.17, 15) is 9.59 Å². The first-order valence-electron chi connectivity index (χ1n) is 6.73. The third kappa shape index (κ3) is 1.36. The summed E-state index contributed by atoms with van der Waals surface area (Å²) in [5.74, 6) is -1.90. The molecule has 5 heteroatoms. The molecular weight excluding hydrogens is 260 g/mol. The lowest BCUT2D eigenvalue weighted by Gasteiger charge is -2.28. The fourth-order valence-electron chi connectivity index (χ4n) is 3.35. The molecule has 20 heavy (non-hydrogen) atoms. The van der Waals surface area contributed by atoms with Gasteiger partial charge >= 0.3 is 11.9 Å². The quantitative estimate of drug-likeness (QED) is 0.495. The molecule has 4 aliphatic heterocycles. The lowest BCUT2D eigenvalue weighted by Crippen LogP contribution is -2.37. The first-order valence-corrected chi connectivity index (χ1v) is 6.73. The molecule has 1 spiro atoms. The fraction of sp³-hybridized carbons (Fsp3) is 0.467. The van der Waals surface area contributed by atoms with Crippen molar-refractivity contribution in [1.82, 2.24) is 0 Å². The maximum atomic E-state index is 11.9. The Morgan fingerprint density at radius 1 is 1.25 bits per heavy atom. The van der Waals surface area contributed by atoms with Gasteiger partial charge in [0.05, 0.1) is 11.7 Å². The molecule has 0 amide bonds. The van der Waals surface area contributed by atoms with Gasteiger partial charge in [-0.15, -0.1) is 0 Å². The average Bonchev–Trinajstić information content (AvgIpc) is 2.96. The van der Waals surface area contributed by atoms with Crippen molar-refractivity contribution < 1.29 is 23.8 Å². The smallest absolute Gasteiger partial charge is 0.337 e. The topological polar surface area (TPSA) is 61.8 Å². The summed E-state index contributed by atoms with van der Waals surface area (Å²) < 4.78 is 16.9. The zero-order valence-electron chi connectivity index (χ0n) is 11.3. The molecule has 0 unspecified atom stereocenters. The molecule has 3 atom stereocenters. The van der Waals surface area contributed by atoms with Crippen LogP contribution in [0.4, 0.5) is 0 Å². The van der Waals surface area contributed by atoms with E-state index >= 15 is 0 Å². The Labute approximate surface area is 115 Å². The van der Waals surface area contributed by atoms with Gasteiger partial charge in [0.2, 0.25) is 0 Å². The fourth-order valence-corrected chi connectivity index (χ4v) is 3.35. The first kappa shape index (κ1) is 11.9. The Kier molecular flexibility index (Phi) is 2.15. The van der Waals surface area contributed by atoms with Crippen molar-refractivity contribution in [3.05, 3.63) is 34.4 Å². The van der Waals surface area contributed by atoms with E-state index in [0.717, 1.165) is 5.57 Å². The highest BCUT2D eigenvalue weighted by Gasteiger charge is 2.55. The molecule has 0 radical (unpaired) electrons. The summed E-state index contributed by atoms with van der Waals surface area (Å²) >= 11 is 0. The Bertz CT molecular complexity index is 639. The van der Waals surface area contributed by atoms with Gasteiger partial charge in [0, 0.05) is 11.1 Å². The highest BCUT2D eigenvalue weighted by atomic mass is 16.7. The number of esters is 2. The van der Waals surface area contributed by atoms with E-state index < -0.39 is 17.9 Å². The Morgan fingerprint density at radius 3 is 2.85 bits per heavy atom. The molecule has 4 rings (SSSR count). The van der Waals surface area contributed by atoms with Crippen LogP contribution < -0.4 is 0 Å². The molecule has 0 aromatic carbocycles. The third-order valence-electron chi connectivity index (χ3n) is 4.38. The predicted molar refractivity (Wildman–Crippen MR) is 67.4 cm³/mol. The Balaban J connectivity index is 1.92. The summed E-state index contributed by atoms with van der Waals surface area (Å²) in [5, 5.41) is 0. The van der Waals surface area contributed by atoms with Crippen LogP contribution >= 0.6 is 0 Å². The molecule has 0 aliphatic carbocycles. The van der Waals surface area contributed by atoms with Crippen LogP contribution in [-0.2, 0) is 23.8 Å². The lowest BCUT2D eigenvalue weighted by molar-refractivity contribution is -0.189. The van der Waals surface area contributed by atoms with E-state index in [1.54, 1.807) is 13.0 Å². The normalized spacial score (nSPS) is 38.5. The largest absolute Gasteiger partial charge is 0.450 e. The van der Waals surface area contributed by atoms with E-state index in [-0.39, 0.29) is 12.1 Å². The lowest BCUT2D eigenvalue weighted by atomic mass is 9.94. The molecule has 0 saturated heterocycles. The van der Waals surface area contributed by atoms with Crippen LogP contribution in [-0.4, -0.2) is 29.9 Å². The van der Waals surface area contributed by atoms with Crippen molar-refractivity contribution in [2.24, 2.45) is 0 Å². The molecule has 5 nitrogen and oxygen atoms in total. The summed E-state index contributed by atoms with van der Waals surface area (Å²) in [6.07, 6.45) is 4.23. The second kappa shape index (κ2) is 3.61. The van der Waals surface area contributed by atoms with Crippen LogP contribution in [0.25, 0.3) is 0 Å². The van der Waals surface area contributed by atoms with Gasteiger partial charge < -0.3 is 14.2 Å². The van der Waals surface area contributed by atoms with Crippen LogP contribution in [0, 0.1) is 0 Å². The zero-order chi connectivity index (χ0) is 14.1. The van der Waals surface area contributed by atoms with Crippen LogP contribution in [0.1, 0.15) is 26.7 Å². The van der Waals surface area contributed by atoms with Gasteiger partial charge in [-0.25, -0.2) is 9.59 Å². The number of carbonyl (C=O) groups excluding carboxylic acids is 2. The minimum absolute atomic E-state index is 0.128. The maximum Gasteiger partial charge on any atom is 0.337 e. The van der Waals surface area contributed by atoms with Gasteiger partial charge in [-0.05, 0) is 44.4 Å². The van der Waals surface area contributed by atoms with Crippen molar-refractivity contribution in [2.75, 3.05) is 0 Å². The second-order valence-electron chi connectivity index (χ2n) is 5.65. The standard InChI is InChI=1S/C15H14O5/c1-7-6-15-12(8(2)13(16)20-15)11-5-9(14(17)18-11)3-4-10(7)19-15/h5-6,10-11H,3-4H2,1-2H3/t10-,11+,15-/m0/s1. The number of fused-ring (bicyclic) bond motifs is 3. The van der Waals surface area contributed by atoms with Crippen LogP contribution in [0.3, 0.4) is 0 Å². The van der Waals surface area contributed by atoms with Gasteiger partial charge in [-0.1, -0.05) is 0 Å². The summed E-state index contributed by atoms with van der Waals surface area (Å²) in [7, 11) is 0.